The fourth-order valence-corrected chi connectivity index (χ4v) is 14.1. The smallest absolute Gasteiger partial charge is 0.456 e. The van der Waals surface area contributed by atoms with Crippen molar-refractivity contribution in [2.45, 2.75) is 38.9 Å². The summed E-state index contributed by atoms with van der Waals surface area (Å²) in [6.45, 7) is 8.30. The molecule has 1 aliphatic heterocycles. The highest BCUT2D eigenvalue weighted by Crippen LogP contribution is 2.47. The quantitative estimate of drug-likeness (QED) is 0.130. The lowest BCUT2D eigenvalue weighted by Gasteiger charge is -2.32. The van der Waals surface area contributed by atoms with Crippen LogP contribution in [0.25, 0.3) is 153 Å². The molecule has 1 aliphatic rings. The molecule has 2 aromatic heterocycles. The van der Waals surface area contributed by atoms with Gasteiger partial charge in [-0.1, -0.05) is 237 Å². The van der Waals surface area contributed by atoms with Crippen LogP contribution in [-0.2, 0) is 9.31 Å². The molecular weight excluding hydrogens is 1140 g/mol. The minimum Gasteiger partial charge on any atom is -0.456 e. The Labute approximate surface area is 518 Å². The van der Waals surface area contributed by atoms with Crippen molar-refractivity contribution in [2.24, 2.45) is 0 Å². The minimum absolute atomic E-state index is 0.346. The van der Waals surface area contributed by atoms with E-state index in [4.69, 9.17) is 18.1 Å². The molecule has 17 aromatic rings. The van der Waals surface area contributed by atoms with E-state index in [1.54, 1.807) is 0 Å². The second-order valence-corrected chi connectivity index (χ2v) is 25.0. The fourth-order valence-electron chi connectivity index (χ4n) is 13.4. The summed E-state index contributed by atoms with van der Waals surface area (Å²) in [6, 6.07) is 99.2. The highest BCUT2D eigenvalue weighted by molar-refractivity contribution is 9.10. The third-order valence-electron chi connectivity index (χ3n) is 18.4. The number of hydrogen-bond acceptors (Lipinski definition) is 4. The van der Waals surface area contributed by atoms with Crippen LogP contribution in [0.4, 0.5) is 0 Å². The van der Waals surface area contributed by atoms with E-state index in [9.17, 15) is 0 Å². The lowest BCUT2D eigenvalue weighted by molar-refractivity contribution is 0.00578. The molecule has 6 heteroatoms. The summed E-state index contributed by atoms with van der Waals surface area (Å²) >= 11 is 3.84. The SMILES string of the molecule is Brc1c2ccccc2c(-c2cccc3ccccc23)c2ccccc12.CC1(C)OB(c2ccc3oc4cc5ccccc5cc4c3c2)OC1(C)C.c1ccc(-c2c3ccccc3c(-c3ccc4oc5cc6ccccc6cc5c4c3)c3ccccc23)cc1. The predicted octanol–water partition coefficient (Wildman–Crippen LogP) is 23.0. The molecule has 0 N–H and O–H groups in total. The second kappa shape index (κ2) is 21.3. The third kappa shape index (κ3) is 9.05. The van der Waals surface area contributed by atoms with E-state index in [1.165, 1.54) is 113 Å². The van der Waals surface area contributed by atoms with Gasteiger partial charge in [-0.25, -0.2) is 0 Å². The van der Waals surface area contributed by atoms with Crippen LogP contribution in [0, 0.1) is 0 Å². The van der Waals surface area contributed by atoms with Crippen molar-refractivity contribution in [2.75, 3.05) is 0 Å². The highest BCUT2D eigenvalue weighted by atomic mass is 79.9. The van der Waals surface area contributed by atoms with Crippen LogP contribution in [0.15, 0.2) is 292 Å². The number of fused-ring (bicyclic) bond motifs is 13. The Hall–Kier alpha value is -9.82. The molecule has 0 aliphatic carbocycles. The van der Waals surface area contributed by atoms with Crippen molar-refractivity contribution < 1.29 is 18.1 Å². The van der Waals surface area contributed by atoms with Crippen molar-refractivity contribution >= 4 is 148 Å². The molecule has 18 rings (SSSR count). The van der Waals surface area contributed by atoms with Gasteiger partial charge in [0.1, 0.15) is 22.3 Å². The fraction of sp³-hybridized carbons (Fsp3) is 0.0732. The van der Waals surface area contributed by atoms with E-state index in [1.807, 2.05) is 18.2 Å². The monoisotopic (exact) mass is 1200 g/mol. The third-order valence-corrected chi connectivity index (χ3v) is 19.3. The van der Waals surface area contributed by atoms with Crippen LogP contribution < -0.4 is 5.46 Å². The van der Waals surface area contributed by atoms with Crippen LogP contribution in [0.5, 0.6) is 0 Å². The molecule has 420 valence electrons. The lowest BCUT2D eigenvalue weighted by Crippen LogP contribution is -2.41. The Morgan fingerprint density at radius 2 is 0.648 bits per heavy atom. The van der Waals surface area contributed by atoms with Gasteiger partial charge < -0.3 is 18.1 Å². The van der Waals surface area contributed by atoms with Gasteiger partial charge in [0.15, 0.2) is 0 Å². The average Bonchev–Trinajstić information content (AvgIpc) is 1.02. The molecule has 15 aromatic carbocycles. The van der Waals surface area contributed by atoms with Crippen molar-refractivity contribution in [3.8, 4) is 33.4 Å². The summed E-state index contributed by atoms with van der Waals surface area (Å²) < 4.78 is 26.0. The van der Waals surface area contributed by atoms with Crippen molar-refractivity contribution in [1.29, 1.82) is 0 Å². The molecule has 0 spiro atoms. The predicted molar refractivity (Wildman–Crippen MR) is 376 cm³/mol. The summed E-state index contributed by atoms with van der Waals surface area (Å²) in [6.07, 6.45) is 0. The number of benzene rings is 15. The van der Waals surface area contributed by atoms with Crippen LogP contribution in [-0.4, -0.2) is 18.3 Å². The van der Waals surface area contributed by atoms with Crippen LogP contribution >= 0.6 is 15.9 Å². The van der Waals surface area contributed by atoms with Crippen LogP contribution in [0.3, 0.4) is 0 Å². The topological polar surface area (TPSA) is 44.7 Å². The van der Waals surface area contributed by atoms with E-state index in [0.717, 1.165) is 49.3 Å². The zero-order chi connectivity index (χ0) is 59.3. The van der Waals surface area contributed by atoms with Gasteiger partial charge >= 0.3 is 7.12 Å². The molecule has 1 fully saturated rings. The average molecular weight is 1200 g/mol. The van der Waals surface area contributed by atoms with Crippen LogP contribution in [0.2, 0.25) is 0 Å². The molecule has 4 nitrogen and oxygen atoms in total. The molecule has 1 saturated heterocycles. The van der Waals surface area contributed by atoms with Gasteiger partial charge in [-0.15, -0.1) is 0 Å². The number of hydrogen-bond donors (Lipinski definition) is 0. The standard InChI is InChI=1S/C36H22O.C24H15Br.C22H21BO3/c1-2-10-23(11-3-1)35-27-14-6-8-16-29(27)36(30-17-9-7-15-28(30)35)26-18-19-33-31(21-26)32-20-24-12-4-5-13-25(24)22-34(32)37-33;25-24-21-13-5-3-11-19(21)23(20-12-4-6-14-22(20)24)18-15-7-9-16-8-1-2-10-17(16)18;1-21(2)22(3,4)26-23(25-21)16-9-10-19-18(13-16)17-11-14-7-5-6-8-15(14)12-20(17)24-19/h1-22H;1-15H;5-13H,1-4H3. The van der Waals surface area contributed by atoms with Gasteiger partial charge in [-0.2, -0.15) is 0 Å². The Morgan fingerprint density at radius 1 is 0.273 bits per heavy atom. The van der Waals surface area contributed by atoms with E-state index < -0.39 is 0 Å². The van der Waals surface area contributed by atoms with Crippen molar-refractivity contribution in [3.63, 3.8) is 0 Å². The number of halogens is 1. The lowest BCUT2D eigenvalue weighted by atomic mass is 9.78. The normalized spacial score (nSPS) is 13.8. The zero-order valence-electron chi connectivity index (χ0n) is 49.1. The maximum Gasteiger partial charge on any atom is 0.494 e. The molecule has 3 heterocycles. The molecule has 0 saturated carbocycles. The molecule has 88 heavy (non-hydrogen) atoms. The largest absolute Gasteiger partial charge is 0.494 e. The maximum atomic E-state index is 6.30. The van der Waals surface area contributed by atoms with E-state index in [2.05, 4.69) is 304 Å². The van der Waals surface area contributed by atoms with E-state index in [0.29, 0.717) is 0 Å². The number of rotatable bonds is 4. The first-order chi connectivity index (χ1) is 43.0. The molecule has 0 radical (unpaired) electrons. The summed E-state index contributed by atoms with van der Waals surface area (Å²) in [5.74, 6) is 0. The maximum absolute atomic E-state index is 6.30. The summed E-state index contributed by atoms with van der Waals surface area (Å²) in [7, 11) is -0.366. The van der Waals surface area contributed by atoms with Crippen LogP contribution in [0.1, 0.15) is 27.7 Å². The second-order valence-electron chi connectivity index (χ2n) is 24.2. The summed E-state index contributed by atoms with van der Waals surface area (Å²) in [5, 5.41) is 22.0. The Balaban J connectivity index is 0.000000109. The first kappa shape index (κ1) is 53.6. The number of furan rings is 2. The Bertz CT molecular complexity index is 5490. The van der Waals surface area contributed by atoms with Crippen molar-refractivity contribution in [3.05, 3.63) is 284 Å². The van der Waals surface area contributed by atoms with E-state index in [-0.39, 0.29) is 18.3 Å². The zero-order valence-corrected chi connectivity index (χ0v) is 50.7. The Kier molecular flexibility index (Phi) is 13.0. The first-order valence-electron chi connectivity index (χ1n) is 30.2. The first-order valence-corrected chi connectivity index (χ1v) is 30.9. The van der Waals surface area contributed by atoms with Gasteiger partial charge in [0.05, 0.1) is 11.2 Å². The highest BCUT2D eigenvalue weighted by Gasteiger charge is 2.51. The van der Waals surface area contributed by atoms with Gasteiger partial charge in [0, 0.05) is 26.0 Å². The van der Waals surface area contributed by atoms with E-state index >= 15 is 0 Å². The molecular formula is C82H58BBrO4. The van der Waals surface area contributed by atoms with Gasteiger partial charge in [-0.3, -0.25) is 0 Å². The summed E-state index contributed by atoms with van der Waals surface area (Å²) in [4.78, 5) is 0. The molecule has 0 bridgehead atoms. The molecule has 0 amide bonds. The molecule has 0 atom stereocenters. The van der Waals surface area contributed by atoms with Gasteiger partial charge in [0.25, 0.3) is 0 Å². The van der Waals surface area contributed by atoms with Crippen molar-refractivity contribution in [1.82, 2.24) is 0 Å². The summed E-state index contributed by atoms with van der Waals surface area (Å²) in [5.41, 5.74) is 11.6. The Morgan fingerprint density at radius 3 is 1.16 bits per heavy atom. The van der Waals surface area contributed by atoms with Gasteiger partial charge in [-0.05, 0) is 200 Å². The molecule has 0 unspecified atom stereocenters. The minimum atomic E-state index is -0.366. The van der Waals surface area contributed by atoms with Gasteiger partial charge in [0.2, 0.25) is 0 Å².